The van der Waals surface area contributed by atoms with Crippen molar-refractivity contribution >= 4 is 11.8 Å². The fourth-order valence-corrected chi connectivity index (χ4v) is 0.798. The Balaban J connectivity index is 2.72. The van der Waals surface area contributed by atoms with E-state index >= 15 is 0 Å². The van der Waals surface area contributed by atoms with Gasteiger partial charge in [-0.25, -0.2) is 8.78 Å². The second-order valence-electron chi connectivity index (χ2n) is 2.10. The largest absolute Gasteiger partial charge is 0.282 e. The maximum Gasteiger partial charge on any atom is 0.131 e. The summed E-state index contributed by atoms with van der Waals surface area (Å²) in [6.07, 6.45) is 0. The Labute approximate surface area is 73.2 Å². The first-order valence-electron chi connectivity index (χ1n) is 3.15. The monoisotopic (exact) mass is 193 g/mol. The van der Waals surface area contributed by atoms with Crippen LogP contribution in [0.15, 0.2) is 18.2 Å². The van der Waals surface area contributed by atoms with Crippen LogP contribution in [-0.2, 0) is 11.4 Å². The third-order valence-corrected chi connectivity index (χ3v) is 1.41. The topological polar surface area (TPSA) is 21.3 Å². The average molecular weight is 194 g/mol. The standard InChI is InChI=1S/C7H6ClF2NO/c8-11-12-4-5-1-2-6(9)3-7(5)10/h1-3,11H,4H2. The van der Waals surface area contributed by atoms with E-state index in [2.05, 4.69) is 4.84 Å². The molecule has 0 atom stereocenters. The lowest BCUT2D eigenvalue weighted by atomic mass is 10.2. The number of nitrogens with one attached hydrogen (secondary N) is 1. The van der Waals surface area contributed by atoms with Crippen LogP contribution in [0.5, 0.6) is 0 Å². The molecule has 0 aliphatic heterocycles. The van der Waals surface area contributed by atoms with Crippen LogP contribution in [0.25, 0.3) is 0 Å². The van der Waals surface area contributed by atoms with Crippen molar-refractivity contribution in [3.05, 3.63) is 35.4 Å². The first-order valence-corrected chi connectivity index (χ1v) is 3.53. The van der Waals surface area contributed by atoms with Gasteiger partial charge in [-0.15, -0.1) is 5.00 Å². The van der Waals surface area contributed by atoms with Crippen molar-refractivity contribution < 1.29 is 13.6 Å². The van der Waals surface area contributed by atoms with E-state index in [-0.39, 0.29) is 12.2 Å². The molecule has 0 heterocycles. The Kier molecular flexibility index (Phi) is 3.40. The molecule has 0 aliphatic carbocycles. The van der Waals surface area contributed by atoms with Gasteiger partial charge in [-0.1, -0.05) is 6.07 Å². The molecule has 66 valence electrons. The molecule has 0 spiro atoms. The molecule has 0 bridgehead atoms. The number of benzene rings is 1. The molecule has 1 rings (SSSR count). The van der Waals surface area contributed by atoms with Crippen LogP contribution in [0.4, 0.5) is 8.78 Å². The highest BCUT2D eigenvalue weighted by Gasteiger charge is 2.02. The zero-order valence-corrected chi connectivity index (χ0v) is 6.74. The van der Waals surface area contributed by atoms with Crippen LogP contribution in [0, 0.1) is 11.6 Å². The van der Waals surface area contributed by atoms with E-state index in [0.29, 0.717) is 0 Å². The summed E-state index contributed by atoms with van der Waals surface area (Å²) in [5, 5.41) is 0. The van der Waals surface area contributed by atoms with E-state index < -0.39 is 11.6 Å². The number of halogens is 3. The SMILES string of the molecule is Fc1ccc(CONCl)c(F)c1. The quantitative estimate of drug-likeness (QED) is 0.587. The predicted octanol–water partition coefficient (Wildman–Crippen LogP) is 2.14. The highest BCUT2D eigenvalue weighted by Crippen LogP contribution is 2.09. The normalized spacial score (nSPS) is 10.2. The van der Waals surface area contributed by atoms with Crippen LogP contribution >= 0.6 is 11.8 Å². The van der Waals surface area contributed by atoms with E-state index in [4.69, 9.17) is 11.8 Å². The lowest BCUT2D eigenvalue weighted by molar-refractivity contribution is 0.0796. The molecule has 5 heteroatoms. The van der Waals surface area contributed by atoms with Gasteiger partial charge in [-0.05, 0) is 6.07 Å². The van der Waals surface area contributed by atoms with Gasteiger partial charge in [0, 0.05) is 23.4 Å². The lowest BCUT2D eigenvalue weighted by Gasteiger charge is -2.01. The van der Waals surface area contributed by atoms with Gasteiger partial charge in [0.15, 0.2) is 0 Å². The summed E-state index contributed by atoms with van der Waals surface area (Å²) < 4.78 is 25.1. The fourth-order valence-electron chi connectivity index (χ4n) is 0.744. The summed E-state index contributed by atoms with van der Waals surface area (Å²) in [6, 6.07) is 3.22. The molecule has 0 aromatic heterocycles. The average Bonchev–Trinajstić information content (AvgIpc) is 2.03. The van der Waals surface area contributed by atoms with Crippen molar-refractivity contribution in [2.75, 3.05) is 0 Å². The van der Waals surface area contributed by atoms with Gasteiger partial charge >= 0.3 is 0 Å². The Bertz CT molecular complexity index is 270. The van der Waals surface area contributed by atoms with Crippen molar-refractivity contribution in [2.45, 2.75) is 6.61 Å². The molecule has 0 saturated carbocycles. The molecule has 1 N–H and O–H groups in total. The van der Waals surface area contributed by atoms with Gasteiger partial charge in [-0.3, -0.25) is 4.84 Å². The van der Waals surface area contributed by atoms with Gasteiger partial charge < -0.3 is 0 Å². The summed E-state index contributed by atoms with van der Waals surface area (Å²) in [4.78, 5) is 6.36. The van der Waals surface area contributed by atoms with Crippen LogP contribution in [0.1, 0.15) is 5.56 Å². The Morgan fingerprint density at radius 3 is 2.75 bits per heavy atom. The number of rotatable bonds is 3. The maximum absolute atomic E-state index is 12.8. The zero-order chi connectivity index (χ0) is 8.97. The molecule has 1 aromatic carbocycles. The van der Waals surface area contributed by atoms with Gasteiger partial charge in [0.05, 0.1) is 6.61 Å². The van der Waals surface area contributed by atoms with E-state index in [1.807, 2.05) is 5.00 Å². The Morgan fingerprint density at radius 1 is 1.42 bits per heavy atom. The number of hydrogen-bond acceptors (Lipinski definition) is 2. The van der Waals surface area contributed by atoms with E-state index in [9.17, 15) is 8.78 Å². The number of hydrogen-bond donors (Lipinski definition) is 1. The first-order chi connectivity index (χ1) is 5.74. The van der Waals surface area contributed by atoms with Crippen molar-refractivity contribution in [1.29, 1.82) is 0 Å². The van der Waals surface area contributed by atoms with E-state index in [1.54, 1.807) is 0 Å². The zero-order valence-electron chi connectivity index (χ0n) is 5.98. The molecule has 0 amide bonds. The van der Waals surface area contributed by atoms with Crippen LogP contribution in [-0.4, -0.2) is 0 Å². The molecule has 0 radical (unpaired) electrons. The minimum absolute atomic E-state index is 0.0460. The van der Waals surface area contributed by atoms with E-state index in [1.165, 1.54) is 6.07 Å². The summed E-state index contributed by atoms with van der Waals surface area (Å²) >= 11 is 4.97. The predicted molar refractivity (Wildman–Crippen MR) is 40.1 cm³/mol. The molecule has 0 saturated heterocycles. The summed E-state index contributed by atoms with van der Waals surface area (Å²) in [7, 11) is 0. The Morgan fingerprint density at radius 2 is 2.17 bits per heavy atom. The van der Waals surface area contributed by atoms with Gasteiger partial charge in [-0.2, -0.15) is 0 Å². The van der Waals surface area contributed by atoms with E-state index in [0.717, 1.165) is 12.1 Å². The van der Waals surface area contributed by atoms with Crippen molar-refractivity contribution in [2.24, 2.45) is 0 Å². The minimum Gasteiger partial charge on any atom is -0.282 e. The smallest absolute Gasteiger partial charge is 0.131 e. The van der Waals surface area contributed by atoms with Crippen LogP contribution in [0.2, 0.25) is 0 Å². The molecule has 0 fully saturated rings. The van der Waals surface area contributed by atoms with Crippen molar-refractivity contribution in [1.82, 2.24) is 5.00 Å². The maximum atomic E-state index is 12.8. The van der Waals surface area contributed by atoms with Gasteiger partial charge in [0.2, 0.25) is 0 Å². The minimum atomic E-state index is -0.651. The van der Waals surface area contributed by atoms with Crippen molar-refractivity contribution in [3.8, 4) is 0 Å². The molecular formula is C7H6ClF2NO. The Hall–Kier alpha value is -0.710. The lowest BCUT2D eigenvalue weighted by Crippen LogP contribution is -2.02. The van der Waals surface area contributed by atoms with Gasteiger partial charge in [0.25, 0.3) is 0 Å². The second-order valence-corrected chi connectivity index (χ2v) is 2.26. The summed E-state index contributed by atoms with van der Waals surface area (Å²) in [5.41, 5.74) is 0.240. The molecule has 1 aromatic rings. The van der Waals surface area contributed by atoms with Crippen LogP contribution in [0.3, 0.4) is 0 Å². The third kappa shape index (κ3) is 2.41. The molecule has 0 unspecified atom stereocenters. The highest BCUT2D eigenvalue weighted by atomic mass is 35.5. The molecule has 2 nitrogen and oxygen atoms in total. The van der Waals surface area contributed by atoms with Crippen molar-refractivity contribution in [3.63, 3.8) is 0 Å². The molecule has 12 heavy (non-hydrogen) atoms. The van der Waals surface area contributed by atoms with Crippen LogP contribution < -0.4 is 5.00 Å². The first kappa shape index (κ1) is 9.38. The molecule has 0 aliphatic rings. The summed E-state index contributed by atoms with van der Waals surface area (Å²) in [6.45, 7) is -0.0460. The summed E-state index contributed by atoms with van der Waals surface area (Å²) in [5.74, 6) is -1.27. The second kappa shape index (κ2) is 4.35. The highest BCUT2D eigenvalue weighted by molar-refractivity contribution is 6.12. The third-order valence-electron chi connectivity index (χ3n) is 1.30. The van der Waals surface area contributed by atoms with Gasteiger partial charge in [0.1, 0.15) is 11.6 Å². The fraction of sp³-hybridized carbons (Fsp3) is 0.143. The molecular weight excluding hydrogens is 188 g/mol.